The summed E-state index contributed by atoms with van der Waals surface area (Å²) in [5.41, 5.74) is 2.06. The molecule has 1 aliphatic heterocycles. The SMILES string of the molecule is COc1ccc(C)cc1C1CC1B1OC(C)(C)C(C)(C)O1. The van der Waals surface area contributed by atoms with Crippen LogP contribution in [0.5, 0.6) is 5.75 Å². The number of hydrogen-bond donors (Lipinski definition) is 0. The number of aryl methyl sites for hydroxylation is 1. The molecule has 0 spiro atoms. The van der Waals surface area contributed by atoms with Crippen molar-refractivity contribution in [1.29, 1.82) is 0 Å². The molecule has 1 aromatic rings. The number of ether oxygens (including phenoxy) is 1. The summed E-state index contributed by atoms with van der Waals surface area (Å²) in [6, 6.07) is 6.38. The molecule has 1 saturated carbocycles. The Morgan fingerprint density at radius 1 is 1.14 bits per heavy atom. The third-order valence-electron chi connectivity index (χ3n) is 5.25. The molecule has 1 aromatic carbocycles. The molecule has 3 nitrogen and oxygen atoms in total. The molecule has 0 amide bonds. The van der Waals surface area contributed by atoms with Crippen molar-refractivity contribution >= 4 is 7.12 Å². The van der Waals surface area contributed by atoms with E-state index >= 15 is 0 Å². The van der Waals surface area contributed by atoms with Crippen LogP contribution in [0.3, 0.4) is 0 Å². The zero-order chi connectivity index (χ0) is 15.4. The predicted octanol–water partition coefficient (Wildman–Crippen LogP) is 3.95. The normalized spacial score (nSPS) is 29.5. The fourth-order valence-corrected chi connectivity index (χ4v) is 3.08. The standard InChI is InChI=1S/C17H25BO3/c1-11-7-8-15(19-6)13(9-11)12-10-14(12)18-20-16(2,3)17(4,5)21-18/h7-9,12,14H,10H2,1-6H3. The third-order valence-corrected chi connectivity index (χ3v) is 5.25. The molecule has 3 rings (SSSR count). The van der Waals surface area contributed by atoms with E-state index in [1.165, 1.54) is 11.1 Å². The highest BCUT2D eigenvalue weighted by Gasteiger charge is 2.60. The predicted molar refractivity (Wildman–Crippen MR) is 84.9 cm³/mol. The van der Waals surface area contributed by atoms with Crippen molar-refractivity contribution in [2.75, 3.05) is 7.11 Å². The van der Waals surface area contributed by atoms with Crippen LogP contribution in [0.25, 0.3) is 0 Å². The quantitative estimate of drug-likeness (QED) is 0.788. The van der Waals surface area contributed by atoms with Gasteiger partial charge in [0.05, 0.1) is 18.3 Å². The molecule has 0 aromatic heterocycles. The average molecular weight is 288 g/mol. The Balaban J connectivity index is 1.78. The maximum atomic E-state index is 6.18. The highest BCUT2D eigenvalue weighted by atomic mass is 16.7. The zero-order valence-corrected chi connectivity index (χ0v) is 13.9. The lowest BCUT2D eigenvalue weighted by Crippen LogP contribution is -2.41. The van der Waals surface area contributed by atoms with Crippen LogP contribution in [0, 0.1) is 6.92 Å². The molecule has 1 saturated heterocycles. The fourth-order valence-electron chi connectivity index (χ4n) is 3.08. The Hall–Kier alpha value is -0.995. The van der Waals surface area contributed by atoms with Gasteiger partial charge in [-0.25, -0.2) is 0 Å². The lowest BCUT2D eigenvalue weighted by molar-refractivity contribution is 0.00578. The highest BCUT2D eigenvalue weighted by molar-refractivity contribution is 6.49. The lowest BCUT2D eigenvalue weighted by Gasteiger charge is -2.32. The van der Waals surface area contributed by atoms with Crippen molar-refractivity contribution < 1.29 is 14.0 Å². The van der Waals surface area contributed by atoms with Crippen LogP contribution in [0.1, 0.15) is 51.2 Å². The van der Waals surface area contributed by atoms with Gasteiger partial charge in [-0.05, 0) is 58.6 Å². The van der Waals surface area contributed by atoms with Crippen LogP contribution >= 0.6 is 0 Å². The summed E-state index contributed by atoms with van der Waals surface area (Å²) in [7, 11) is 1.63. The molecule has 4 heteroatoms. The number of methoxy groups -OCH3 is 1. The highest BCUT2D eigenvalue weighted by Crippen LogP contribution is 2.60. The lowest BCUT2D eigenvalue weighted by atomic mass is 9.79. The van der Waals surface area contributed by atoms with E-state index in [0.717, 1.165) is 12.2 Å². The largest absolute Gasteiger partial charge is 0.496 e. The molecule has 1 aliphatic carbocycles. The molecular formula is C17H25BO3. The van der Waals surface area contributed by atoms with Crippen LogP contribution in [-0.2, 0) is 9.31 Å². The van der Waals surface area contributed by atoms with Crippen molar-refractivity contribution in [3.63, 3.8) is 0 Å². The van der Waals surface area contributed by atoms with Crippen LogP contribution in [0.4, 0.5) is 0 Å². The topological polar surface area (TPSA) is 27.7 Å². The van der Waals surface area contributed by atoms with E-state index in [9.17, 15) is 0 Å². The van der Waals surface area contributed by atoms with E-state index in [-0.39, 0.29) is 18.3 Å². The van der Waals surface area contributed by atoms with Gasteiger partial charge in [-0.1, -0.05) is 17.7 Å². The van der Waals surface area contributed by atoms with Gasteiger partial charge in [0.25, 0.3) is 0 Å². The van der Waals surface area contributed by atoms with Crippen LogP contribution in [0.2, 0.25) is 5.82 Å². The molecule has 0 bridgehead atoms. The van der Waals surface area contributed by atoms with Crippen LogP contribution < -0.4 is 4.74 Å². The first kappa shape index (κ1) is 14.9. The van der Waals surface area contributed by atoms with Gasteiger partial charge in [-0.15, -0.1) is 0 Å². The summed E-state index contributed by atoms with van der Waals surface area (Å²) in [5, 5.41) is 0. The second-order valence-corrected chi connectivity index (χ2v) is 7.38. The Bertz CT molecular complexity index is 537. The number of hydrogen-bond acceptors (Lipinski definition) is 3. The molecule has 0 N–H and O–H groups in total. The van der Waals surface area contributed by atoms with Crippen molar-refractivity contribution in [2.45, 2.75) is 64.0 Å². The van der Waals surface area contributed by atoms with Crippen molar-refractivity contribution in [2.24, 2.45) is 0 Å². The Labute approximate surface area is 128 Å². The third kappa shape index (κ3) is 2.49. The van der Waals surface area contributed by atoms with E-state index in [1.807, 2.05) is 0 Å². The summed E-state index contributed by atoms with van der Waals surface area (Å²) in [6.45, 7) is 10.6. The molecular weight excluding hydrogens is 263 g/mol. The van der Waals surface area contributed by atoms with Gasteiger partial charge in [0.1, 0.15) is 5.75 Å². The molecule has 114 valence electrons. The average Bonchev–Trinajstić information content (AvgIpc) is 3.13. The van der Waals surface area contributed by atoms with Gasteiger partial charge in [-0.3, -0.25) is 0 Å². The summed E-state index contributed by atoms with van der Waals surface area (Å²) in [4.78, 5) is 0. The summed E-state index contributed by atoms with van der Waals surface area (Å²) < 4.78 is 17.9. The van der Waals surface area contributed by atoms with Gasteiger partial charge in [0.15, 0.2) is 0 Å². The van der Waals surface area contributed by atoms with Gasteiger partial charge >= 0.3 is 7.12 Å². The van der Waals surface area contributed by atoms with E-state index in [0.29, 0.717) is 11.7 Å². The molecule has 2 unspecified atom stereocenters. The van der Waals surface area contributed by atoms with E-state index in [2.05, 4.69) is 52.8 Å². The molecule has 2 aliphatic rings. The molecule has 2 fully saturated rings. The number of benzene rings is 1. The maximum absolute atomic E-state index is 6.18. The van der Waals surface area contributed by atoms with Crippen molar-refractivity contribution in [1.82, 2.24) is 0 Å². The van der Waals surface area contributed by atoms with Gasteiger partial charge in [-0.2, -0.15) is 0 Å². The molecule has 21 heavy (non-hydrogen) atoms. The minimum Gasteiger partial charge on any atom is -0.496 e. The van der Waals surface area contributed by atoms with Gasteiger partial charge in [0.2, 0.25) is 0 Å². The Kier molecular flexibility index (Phi) is 3.38. The first-order valence-electron chi connectivity index (χ1n) is 7.75. The van der Waals surface area contributed by atoms with Crippen molar-refractivity contribution in [3.05, 3.63) is 29.3 Å². The smallest absolute Gasteiger partial charge is 0.461 e. The monoisotopic (exact) mass is 288 g/mol. The van der Waals surface area contributed by atoms with E-state index in [1.54, 1.807) is 7.11 Å². The van der Waals surface area contributed by atoms with Crippen LogP contribution in [0.15, 0.2) is 18.2 Å². The zero-order valence-electron chi connectivity index (χ0n) is 13.9. The second-order valence-electron chi connectivity index (χ2n) is 7.38. The first-order valence-corrected chi connectivity index (χ1v) is 7.75. The number of rotatable bonds is 3. The Morgan fingerprint density at radius 2 is 1.76 bits per heavy atom. The molecule has 0 radical (unpaired) electrons. The van der Waals surface area contributed by atoms with Gasteiger partial charge < -0.3 is 14.0 Å². The van der Waals surface area contributed by atoms with Crippen molar-refractivity contribution in [3.8, 4) is 5.75 Å². The summed E-state index contributed by atoms with van der Waals surface area (Å²) in [5.74, 6) is 1.89. The minimum absolute atomic E-state index is 0.106. The minimum atomic E-state index is -0.249. The van der Waals surface area contributed by atoms with E-state index < -0.39 is 0 Å². The fraction of sp³-hybridized carbons (Fsp3) is 0.647. The van der Waals surface area contributed by atoms with E-state index in [4.69, 9.17) is 14.0 Å². The summed E-state index contributed by atoms with van der Waals surface area (Å²) >= 11 is 0. The molecule has 2 atom stereocenters. The second kappa shape index (κ2) is 4.75. The Morgan fingerprint density at radius 3 is 2.33 bits per heavy atom. The molecule has 1 heterocycles. The summed E-state index contributed by atoms with van der Waals surface area (Å²) in [6.07, 6.45) is 1.11. The van der Waals surface area contributed by atoms with Gasteiger partial charge in [0, 0.05) is 5.82 Å². The van der Waals surface area contributed by atoms with Crippen LogP contribution in [-0.4, -0.2) is 25.4 Å². The first-order chi connectivity index (χ1) is 9.75. The maximum Gasteiger partial charge on any atom is 0.461 e.